The van der Waals surface area contributed by atoms with Gasteiger partial charge in [-0.25, -0.2) is 0 Å². The van der Waals surface area contributed by atoms with Gasteiger partial charge in [-0.1, -0.05) is 48.0 Å². The summed E-state index contributed by atoms with van der Waals surface area (Å²) in [5.41, 5.74) is 2.33. The Hall–Kier alpha value is -2.04. The molecule has 1 atom stereocenters. The zero-order chi connectivity index (χ0) is 20.5. The van der Waals surface area contributed by atoms with Crippen LogP contribution in [0.2, 0.25) is 5.02 Å². The van der Waals surface area contributed by atoms with Crippen molar-refractivity contribution in [1.29, 1.82) is 0 Å². The summed E-state index contributed by atoms with van der Waals surface area (Å²) < 4.78 is 5.68. The van der Waals surface area contributed by atoms with Gasteiger partial charge in [0.05, 0.1) is 12.5 Å². The second-order valence-corrected chi connectivity index (χ2v) is 8.01. The molecule has 0 aromatic heterocycles. The maximum Gasteiger partial charge on any atom is 0.224 e. The SMILES string of the molecule is CCOc1ccccc1CCCNC(=O)C1CCCN(Cc2ccccc2Cl)C1. The molecule has 1 aliphatic rings. The first-order chi connectivity index (χ1) is 14.2. The van der Waals surface area contributed by atoms with E-state index in [-0.39, 0.29) is 11.8 Å². The van der Waals surface area contributed by atoms with Crippen molar-refractivity contribution in [3.8, 4) is 5.75 Å². The van der Waals surface area contributed by atoms with E-state index < -0.39 is 0 Å². The van der Waals surface area contributed by atoms with Crippen LogP contribution in [0.3, 0.4) is 0 Å². The smallest absolute Gasteiger partial charge is 0.224 e. The number of aryl methyl sites for hydroxylation is 1. The van der Waals surface area contributed by atoms with Crippen LogP contribution in [0.5, 0.6) is 5.75 Å². The van der Waals surface area contributed by atoms with Crippen molar-refractivity contribution < 1.29 is 9.53 Å². The molecule has 1 fully saturated rings. The number of halogens is 1. The molecule has 1 amide bonds. The van der Waals surface area contributed by atoms with Gasteiger partial charge < -0.3 is 10.1 Å². The molecule has 2 aromatic rings. The quantitative estimate of drug-likeness (QED) is 0.604. The van der Waals surface area contributed by atoms with Crippen molar-refractivity contribution in [2.75, 3.05) is 26.2 Å². The number of carbonyl (C=O) groups is 1. The van der Waals surface area contributed by atoms with Gasteiger partial charge in [0.1, 0.15) is 5.75 Å². The van der Waals surface area contributed by atoms with E-state index in [2.05, 4.69) is 22.3 Å². The van der Waals surface area contributed by atoms with Gasteiger partial charge in [0, 0.05) is 24.7 Å². The molecular weight excluding hydrogens is 384 g/mol. The molecule has 2 aromatic carbocycles. The van der Waals surface area contributed by atoms with Crippen LogP contribution in [0.4, 0.5) is 0 Å². The molecule has 1 saturated heterocycles. The predicted molar refractivity (Wildman–Crippen MR) is 118 cm³/mol. The van der Waals surface area contributed by atoms with E-state index >= 15 is 0 Å². The zero-order valence-corrected chi connectivity index (χ0v) is 18.0. The number of piperidine rings is 1. The minimum atomic E-state index is 0.0574. The highest BCUT2D eigenvalue weighted by Crippen LogP contribution is 2.22. The number of hydrogen-bond acceptors (Lipinski definition) is 3. The minimum Gasteiger partial charge on any atom is -0.494 e. The molecule has 1 unspecified atom stereocenters. The number of carbonyl (C=O) groups excluding carboxylic acids is 1. The van der Waals surface area contributed by atoms with Gasteiger partial charge in [0.2, 0.25) is 5.91 Å². The second kappa shape index (κ2) is 11.2. The van der Waals surface area contributed by atoms with Crippen LogP contribution < -0.4 is 10.1 Å². The summed E-state index contributed by atoms with van der Waals surface area (Å²) in [5, 5.41) is 3.94. The van der Waals surface area contributed by atoms with Gasteiger partial charge in [0.25, 0.3) is 0 Å². The lowest BCUT2D eigenvalue weighted by Gasteiger charge is -2.32. The number of benzene rings is 2. The van der Waals surface area contributed by atoms with Crippen LogP contribution in [-0.4, -0.2) is 37.0 Å². The minimum absolute atomic E-state index is 0.0574. The lowest BCUT2D eigenvalue weighted by Crippen LogP contribution is -2.43. The largest absolute Gasteiger partial charge is 0.494 e. The Morgan fingerprint density at radius 2 is 1.93 bits per heavy atom. The van der Waals surface area contributed by atoms with Gasteiger partial charge in [0.15, 0.2) is 0 Å². The standard InChI is InChI=1S/C24H31ClN2O2/c1-2-29-23-14-6-4-9-19(23)11-7-15-26-24(28)21-12-8-16-27(18-21)17-20-10-3-5-13-22(20)25/h3-6,9-10,13-14,21H,2,7-8,11-12,15-18H2,1H3,(H,26,28). The molecule has 0 spiro atoms. The number of nitrogens with zero attached hydrogens (tertiary/aromatic N) is 1. The monoisotopic (exact) mass is 414 g/mol. The lowest BCUT2D eigenvalue weighted by molar-refractivity contribution is -0.126. The van der Waals surface area contributed by atoms with Crippen LogP contribution in [0.25, 0.3) is 0 Å². The number of likely N-dealkylation sites (tertiary alicyclic amines) is 1. The first kappa shape index (κ1) is 21.7. The average molecular weight is 415 g/mol. The Bertz CT molecular complexity index is 796. The molecule has 1 heterocycles. The van der Waals surface area contributed by atoms with Crippen molar-refractivity contribution in [1.82, 2.24) is 10.2 Å². The fraction of sp³-hybridized carbons (Fsp3) is 0.458. The maximum atomic E-state index is 12.7. The van der Waals surface area contributed by atoms with E-state index in [1.165, 1.54) is 5.56 Å². The number of amides is 1. The van der Waals surface area contributed by atoms with E-state index in [0.29, 0.717) is 13.2 Å². The molecule has 156 valence electrons. The number of para-hydroxylation sites is 1. The van der Waals surface area contributed by atoms with Gasteiger partial charge >= 0.3 is 0 Å². The molecule has 0 aliphatic carbocycles. The summed E-state index contributed by atoms with van der Waals surface area (Å²) in [6.45, 7) is 5.97. The lowest BCUT2D eigenvalue weighted by atomic mass is 9.96. The Morgan fingerprint density at radius 3 is 2.72 bits per heavy atom. The van der Waals surface area contributed by atoms with Crippen LogP contribution in [0, 0.1) is 5.92 Å². The van der Waals surface area contributed by atoms with Gasteiger partial charge in [-0.15, -0.1) is 0 Å². The van der Waals surface area contributed by atoms with Gasteiger partial charge in [-0.3, -0.25) is 9.69 Å². The molecular formula is C24H31ClN2O2. The zero-order valence-electron chi connectivity index (χ0n) is 17.2. The number of nitrogens with one attached hydrogen (secondary N) is 1. The summed E-state index contributed by atoms with van der Waals surface area (Å²) >= 11 is 6.29. The highest BCUT2D eigenvalue weighted by molar-refractivity contribution is 6.31. The van der Waals surface area contributed by atoms with E-state index in [1.807, 2.05) is 43.3 Å². The highest BCUT2D eigenvalue weighted by Gasteiger charge is 2.25. The van der Waals surface area contributed by atoms with Crippen molar-refractivity contribution >= 4 is 17.5 Å². The molecule has 0 saturated carbocycles. The first-order valence-electron chi connectivity index (χ1n) is 10.6. The topological polar surface area (TPSA) is 41.6 Å². The van der Waals surface area contributed by atoms with Crippen molar-refractivity contribution in [2.24, 2.45) is 5.92 Å². The fourth-order valence-corrected chi connectivity index (χ4v) is 4.12. The summed E-state index contributed by atoms with van der Waals surface area (Å²) in [5.74, 6) is 1.18. The Morgan fingerprint density at radius 1 is 1.17 bits per heavy atom. The summed E-state index contributed by atoms with van der Waals surface area (Å²) in [6, 6.07) is 16.1. The van der Waals surface area contributed by atoms with E-state index in [9.17, 15) is 4.79 Å². The normalized spacial score (nSPS) is 17.1. The van der Waals surface area contributed by atoms with Gasteiger partial charge in [-0.05, 0) is 62.4 Å². The molecule has 5 heteroatoms. The van der Waals surface area contributed by atoms with Crippen molar-refractivity contribution in [2.45, 2.75) is 39.2 Å². The predicted octanol–water partition coefficient (Wildman–Crippen LogP) is 4.70. The second-order valence-electron chi connectivity index (χ2n) is 7.60. The highest BCUT2D eigenvalue weighted by atomic mass is 35.5. The summed E-state index contributed by atoms with van der Waals surface area (Å²) in [7, 11) is 0. The third-order valence-electron chi connectivity index (χ3n) is 5.42. The van der Waals surface area contributed by atoms with E-state index in [1.54, 1.807) is 0 Å². The first-order valence-corrected chi connectivity index (χ1v) is 11.0. The summed E-state index contributed by atoms with van der Waals surface area (Å²) in [6.07, 6.45) is 3.81. The molecule has 3 rings (SSSR count). The Labute approximate surface area is 179 Å². The fourth-order valence-electron chi connectivity index (χ4n) is 3.92. The van der Waals surface area contributed by atoms with Gasteiger partial charge in [-0.2, -0.15) is 0 Å². The molecule has 0 bridgehead atoms. The Balaban J connectivity index is 1.43. The Kier molecular flexibility index (Phi) is 8.38. The van der Waals surface area contributed by atoms with Crippen LogP contribution in [0.15, 0.2) is 48.5 Å². The van der Waals surface area contributed by atoms with Crippen molar-refractivity contribution in [3.05, 3.63) is 64.7 Å². The van der Waals surface area contributed by atoms with Crippen molar-refractivity contribution in [3.63, 3.8) is 0 Å². The number of rotatable bonds is 9. The molecule has 29 heavy (non-hydrogen) atoms. The third-order valence-corrected chi connectivity index (χ3v) is 5.79. The number of hydrogen-bond donors (Lipinski definition) is 1. The van der Waals surface area contributed by atoms with Crippen LogP contribution in [-0.2, 0) is 17.8 Å². The molecule has 1 aliphatic heterocycles. The maximum absolute atomic E-state index is 12.7. The summed E-state index contributed by atoms with van der Waals surface area (Å²) in [4.78, 5) is 15.0. The molecule has 1 N–H and O–H groups in total. The average Bonchev–Trinajstić information content (AvgIpc) is 2.74. The van der Waals surface area contributed by atoms with E-state index in [4.69, 9.17) is 16.3 Å². The molecule has 4 nitrogen and oxygen atoms in total. The van der Waals surface area contributed by atoms with Crippen LogP contribution in [0.1, 0.15) is 37.3 Å². The number of ether oxygens (including phenoxy) is 1. The third kappa shape index (κ3) is 6.48. The van der Waals surface area contributed by atoms with Crippen LogP contribution >= 0.6 is 11.6 Å². The van der Waals surface area contributed by atoms with E-state index in [0.717, 1.165) is 61.7 Å². The molecule has 0 radical (unpaired) electrons.